The molecule has 1 aromatic rings. The maximum Gasteiger partial charge on any atom is 0.309 e. The van der Waals surface area contributed by atoms with Crippen LogP contribution in [0.3, 0.4) is 0 Å². The third kappa shape index (κ3) is 7.14. The molecule has 4 nitrogen and oxygen atoms in total. The molecule has 3 aliphatic carbocycles. The van der Waals surface area contributed by atoms with Gasteiger partial charge in [-0.3, -0.25) is 9.59 Å². The van der Waals surface area contributed by atoms with Crippen LogP contribution < -0.4 is 0 Å². The summed E-state index contributed by atoms with van der Waals surface area (Å²) < 4.78 is 23.9. The zero-order valence-electron chi connectivity index (χ0n) is 24.9. The van der Waals surface area contributed by atoms with Gasteiger partial charge in [-0.25, -0.2) is 4.39 Å². The molecule has 0 radical (unpaired) electrons. The van der Waals surface area contributed by atoms with E-state index in [0.29, 0.717) is 36.2 Å². The van der Waals surface area contributed by atoms with Crippen LogP contribution in [0.25, 0.3) is 5.57 Å². The van der Waals surface area contributed by atoms with E-state index in [0.717, 1.165) is 24.3 Å². The Balaban J connectivity index is 0.000000557. The fraction of sp³-hybridized carbons (Fsp3) is 0.600. The van der Waals surface area contributed by atoms with Crippen molar-refractivity contribution in [1.82, 2.24) is 0 Å². The predicted molar refractivity (Wildman–Crippen MR) is 158 cm³/mol. The van der Waals surface area contributed by atoms with Crippen LogP contribution in [-0.2, 0) is 19.1 Å². The highest BCUT2D eigenvalue weighted by Gasteiger charge is 2.54. The number of ether oxygens (including phenoxy) is 2. The Labute approximate surface area is 240 Å². The van der Waals surface area contributed by atoms with Gasteiger partial charge in [-0.1, -0.05) is 69.5 Å². The molecule has 2 saturated carbocycles. The van der Waals surface area contributed by atoms with E-state index < -0.39 is 0 Å². The molecular weight excluding hydrogens is 503 g/mol. The SMILES string of the molecule is CCC[C@@H]1CC[C@@H]2[C@H](C1)C[C@@H]1C(=O)O[C@@H](C)[C@H]1[C@@H]2/C=C/C1=CC=C(c2cccc(F)c2)C(C)C1.CCOC(C)=O. The maximum atomic E-state index is 13.7. The Hall–Kier alpha value is -2.69. The average molecular weight is 551 g/mol. The van der Waals surface area contributed by atoms with E-state index in [1.807, 2.05) is 6.07 Å². The van der Waals surface area contributed by atoms with Crippen LogP contribution in [0.1, 0.15) is 85.1 Å². The zero-order chi connectivity index (χ0) is 28.8. The van der Waals surface area contributed by atoms with Crippen molar-refractivity contribution < 1.29 is 23.5 Å². The summed E-state index contributed by atoms with van der Waals surface area (Å²) in [6.45, 7) is 10.3. The van der Waals surface area contributed by atoms with Crippen molar-refractivity contribution in [2.24, 2.45) is 41.4 Å². The lowest BCUT2D eigenvalue weighted by atomic mass is 9.56. The van der Waals surface area contributed by atoms with Crippen LogP contribution >= 0.6 is 0 Å². The van der Waals surface area contributed by atoms with Crippen LogP contribution in [0, 0.1) is 47.2 Å². The molecule has 3 fully saturated rings. The molecule has 0 bridgehead atoms. The van der Waals surface area contributed by atoms with Gasteiger partial charge in [-0.05, 0) is 98.0 Å². The van der Waals surface area contributed by atoms with Crippen molar-refractivity contribution in [2.75, 3.05) is 6.61 Å². The van der Waals surface area contributed by atoms with Gasteiger partial charge in [-0.2, -0.15) is 0 Å². The number of halogens is 1. The van der Waals surface area contributed by atoms with Gasteiger partial charge in [0.15, 0.2) is 0 Å². The standard InChI is InChI=1S/C31H39FO2.C4H8O2/c1-4-6-21-10-13-27-24(16-21)18-29-30(20(3)34-31(29)33)28(27)14-11-22-9-12-26(19(2)15-22)23-7-5-8-25(32)17-23;1-3-6-4(2)5/h5,7-9,11-12,14,17,19-21,24,27-30H,4,6,10,13,15-16,18H2,1-3H3;3H2,1-2H3/b14-11+;/t19?,20-,21+,24+,27+,28+,29-,30-;/m0./s1. The summed E-state index contributed by atoms with van der Waals surface area (Å²) in [5.74, 6) is 2.94. The van der Waals surface area contributed by atoms with Crippen molar-refractivity contribution in [3.8, 4) is 0 Å². The second-order valence-corrected chi connectivity index (χ2v) is 12.3. The van der Waals surface area contributed by atoms with Crippen molar-refractivity contribution in [3.05, 3.63) is 65.5 Å². The molecule has 218 valence electrons. The third-order valence-corrected chi connectivity index (χ3v) is 9.54. The second kappa shape index (κ2) is 13.8. The number of carbonyl (C=O) groups excluding carboxylic acids is 2. The summed E-state index contributed by atoms with van der Waals surface area (Å²) in [6, 6.07) is 6.91. The molecule has 1 heterocycles. The van der Waals surface area contributed by atoms with Crippen molar-refractivity contribution in [2.45, 2.75) is 85.7 Å². The van der Waals surface area contributed by atoms with E-state index in [9.17, 15) is 14.0 Å². The van der Waals surface area contributed by atoms with E-state index in [2.05, 4.69) is 49.8 Å². The minimum absolute atomic E-state index is 0.0141. The molecule has 5 rings (SSSR count). The van der Waals surface area contributed by atoms with Crippen molar-refractivity contribution in [3.63, 3.8) is 0 Å². The van der Waals surface area contributed by atoms with E-state index in [1.54, 1.807) is 19.1 Å². The summed E-state index contributed by atoms with van der Waals surface area (Å²) in [4.78, 5) is 22.5. The minimum Gasteiger partial charge on any atom is -0.466 e. The van der Waals surface area contributed by atoms with Crippen LogP contribution in [0.15, 0.2) is 54.1 Å². The lowest BCUT2D eigenvalue weighted by Gasteiger charge is -2.47. The van der Waals surface area contributed by atoms with Gasteiger partial charge in [0.05, 0.1) is 12.5 Å². The summed E-state index contributed by atoms with van der Waals surface area (Å²) in [5, 5.41) is 0. The number of rotatable bonds is 6. The zero-order valence-corrected chi connectivity index (χ0v) is 24.9. The number of benzene rings is 1. The molecule has 0 N–H and O–H groups in total. The Morgan fingerprint density at radius 2 is 1.95 bits per heavy atom. The molecule has 0 aromatic heterocycles. The number of carbonyl (C=O) groups is 2. The average Bonchev–Trinajstić information content (AvgIpc) is 3.19. The van der Waals surface area contributed by atoms with E-state index in [1.165, 1.54) is 56.2 Å². The highest BCUT2D eigenvalue weighted by Crippen LogP contribution is 2.55. The Kier molecular flexibility index (Phi) is 10.4. The number of cyclic esters (lactones) is 1. The van der Waals surface area contributed by atoms with Crippen molar-refractivity contribution in [1.29, 1.82) is 0 Å². The summed E-state index contributed by atoms with van der Waals surface area (Å²) in [6.07, 6.45) is 17.6. The van der Waals surface area contributed by atoms with E-state index in [4.69, 9.17) is 4.74 Å². The molecule has 40 heavy (non-hydrogen) atoms. The Bertz CT molecular complexity index is 1130. The third-order valence-electron chi connectivity index (χ3n) is 9.54. The first-order valence-electron chi connectivity index (χ1n) is 15.4. The molecule has 5 heteroatoms. The summed E-state index contributed by atoms with van der Waals surface area (Å²) in [7, 11) is 0. The lowest BCUT2D eigenvalue weighted by Crippen LogP contribution is -2.44. The van der Waals surface area contributed by atoms with Gasteiger partial charge < -0.3 is 9.47 Å². The van der Waals surface area contributed by atoms with E-state index >= 15 is 0 Å². The molecular formula is C35H47FO4. The molecule has 1 aromatic carbocycles. The number of hydrogen-bond donors (Lipinski definition) is 0. The van der Waals surface area contributed by atoms with Crippen molar-refractivity contribution >= 4 is 17.5 Å². The lowest BCUT2D eigenvalue weighted by molar-refractivity contribution is -0.144. The van der Waals surface area contributed by atoms with Crippen LogP contribution in [-0.4, -0.2) is 24.6 Å². The molecule has 1 saturated heterocycles. The predicted octanol–water partition coefficient (Wildman–Crippen LogP) is 8.33. The maximum absolute atomic E-state index is 13.7. The first-order valence-corrected chi connectivity index (χ1v) is 15.4. The van der Waals surface area contributed by atoms with Gasteiger partial charge in [0, 0.05) is 12.8 Å². The summed E-state index contributed by atoms with van der Waals surface area (Å²) in [5.41, 5.74) is 3.50. The Morgan fingerprint density at radius 1 is 1.15 bits per heavy atom. The normalized spacial score (nSPS) is 33.1. The quantitative estimate of drug-likeness (QED) is 0.334. The minimum atomic E-state index is -0.211. The Morgan fingerprint density at radius 3 is 2.60 bits per heavy atom. The topological polar surface area (TPSA) is 52.6 Å². The summed E-state index contributed by atoms with van der Waals surface area (Å²) >= 11 is 0. The van der Waals surface area contributed by atoms with Gasteiger partial charge in [0.1, 0.15) is 11.9 Å². The van der Waals surface area contributed by atoms with Crippen LogP contribution in [0.4, 0.5) is 4.39 Å². The first-order chi connectivity index (χ1) is 19.2. The number of allylic oxidation sites excluding steroid dienone is 6. The fourth-order valence-corrected chi connectivity index (χ4v) is 7.89. The molecule has 0 spiro atoms. The molecule has 4 aliphatic rings. The molecule has 0 amide bonds. The van der Waals surface area contributed by atoms with Gasteiger partial charge in [0.2, 0.25) is 0 Å². The van der Waals surface area contributed by atoms with Crippen LogP contribution in [0.2, 0.25) is 0 Å². The van der Waals surface area contributed by atoms with Gasteiger partial charge in [-0.15, -0.1) is 0 Å². The highest BCUT2D eigenvalue weighted by molar-refractivity contribution is 5.75. The van der Waals surface area contributed by atoms with Crippen LogP contribution in [0.5, 0.6) is 0 Å². The second-order valence-electron chi connectivity index (χ2n) is 12.3. The number of hydrogen-bond acceptors (Lipinski definition) is 4. The largest absolute Gasteiger partial charge is 0.466 e. The molecule has 8 atom stereocenters. The number of esters is 2. The van der Waals surface area contributed by atoms with Gasteiger partial charge >= 0.3 is 11.9 Å². The monoisotopic (exact) mass is 550 g/mol. The fourth-order valence-electron chi connectivity index (χ4n) is 7.89. The highest BCUT2D eigenvalue weighted by atomic mass is 19.1. The molecule has 1 aliphatic heterocycles. The van der Waals surface area contributed by atoms with Gasteiger partial charge in [0.25, 0.3) is 0 Å². The first kappa shape index (κ1) is 30.3. The van der Waals surface area contributed by atoms with E-state index in [-0.39, 0.29) is 29.8 Å². The number of fused-ring (bicyclic) bond motifs is 2. The molecule has 1 unspecified atom stereocenters. The smallest absolute Gasteiger partial charge is 0.309 e.